The van der Waals surface area contributed by atoms with Crippen molar-refractivity contribution in [3.05, 3.63) is 40.7 Å². The van der Waals surface area contributed by atoms with Gasteiger partial charge < -0.3 is 5.32 Å². The van der Waals surface area contributed by atoms with E-state index >= 15 is 0 Å². The van der Waals surface area contributed by atoms with E-state index < -0.39 is 0 Å². The Labute approximate surface area is 102 Å². The van der Waals surface area contributed by atoms with E-state index in [1.807, 2.05) is 0 Å². The molecule has 0 fully saturated rings. The second-order valence-corrected chi connectivity index (χ2v) is 3.78. The lowest BCUT2D eigenvalue weighted by atomic mass is 10.2. The molecule has 7 heteroatoms. The highest BCUT2D eigenvalue weighted by molar-refractivity contribution is 6.30. The Morgan fingerprint density at radius 1 is 1.35 bits per heavy atom. The number of tetrazole rings is 1. The van der Waals surface area contributed by atoms with Gasteiger partial charge in [0.25, 0.3) is 5.91 Å². The lowest BCUT2D eigenvalue weighted by molar-refractivity contribution is 0.0954. The standard InChI is InChI=1S/C10H10ClN5O/c11-8-3-1-7(2-4-8)10(17)12-6-5-9-13-15-16-14-9/h1-4H,5-6H2,(H,12,17)(H,13,14,15,16). The molecule has 88 valence electrons. The predicted molar refractivity (Wildman–Crippen MR) is 61.7 cm³/mol. The summed E-state index contributed by atoms with van der Waals surface area (Å²) in [6, 6.07) is 6.70. The number of carbonyl (C=O) groups is 1. The van der Waals surface area contributed by atoms with Gasteiger partial charge in [-0.25, -0.2) is 0 Å². The molecule has 0 saturated heterocycles. The Bertz CT molecular complexity index is 482. The fourth-order valence-electron chi connectivity index (χ4n) is 1.28. The lowest BCUT2D eigenvalue weighted by Crippen LogP contribution is -2.25. The molecule has 6 nitrogen and oxygen atoms in total. The van der Waals surface area contributed by atoms with Crippen LogP contribution in [0.2, 0.25) is 5.02 Å². The van der Waals surface area contributed by atoms with Gasteiger partial charge in [-0.05, 0) is 24.3 Å². The number of rotatable bonds is 4. The van der Waals surface area contributed by atoms with Crippen LogP contribution in [0.3, 0.4) is 0 Å². The van der Waals surface area contributed by atoms with E-state index in [2.05, 4.69) is 25.9 Å². The van der Waals surface area contributed by atoms with Crippen molar-refractivity contribution in [2.24, 2.45) is 0 Å². The minimum atomic E-state index is -0.148. The first-order valence-electron chi connectivity index (χ1n) is 5.02. The van der Waals surface area contributed by atoms with Crippen molar-refractivity contribution in [3.8, 4) is 0 Å². The third-order valence-electron chi connectivity index (χ3n) is 2.13. The summed E-state index contributed by atoms with van der Waals surface area (Å²) in [5, 5.41) is 16.7. The first-order valence-corrected chi connectivity index (χ1v) is 5.39. The van der Waals surface area contributed by atoms with Crippen molar-refractivity contribution >= 4 is 17.5 Å². The average molecular weight is 252 g/mol. The molecule has 2 aromatic rings. The van der Waals surface area contributed by atoms with Crippen LogP contribution in [0, 0.1) is 0 Å². The number of H-pyrrole nitrogens is 1. The lowest BCUT2D eigenvalue weighted by Gasteiger charge is -2.03. The molecule has 2 rings (SSSR count). The van der Waals surface area contributed by atoms with E-state index in [9.17, 15) is 4.79 Å². The summed E-state index contributed by atoms with van der Waals surface area (Å²) in [5.74, 6) is 0.423. The Balaban J connectivity index is 1.83. The minimum Gasteiger partial charge on any atom is -0.352 e. The summed E-state index contributed by atoms with van der Waals surface area (Å²) >= 11 is 5.73. The quantitative estimate of drug-likeness (QED) is 0.843. The van der Waals surface area contributed by atoms with Crippen LogP contribution < -0.4 is 5.32 Å². The normalized spacial score (nSPS) is 10.2. The second-order valence-electron chi connectivity index (χ2n) is 3.34. The van der Waals surface area contributed by atoms with E-state index in [-0.39, 0.29) is 5.91 Å². The van der Waals surface area contributed by atoms with Gasteiger partial charge in [0.2, 0.25) is 0 Å². The molecule has 1 heterocycles. The number of nitrogens with one attached hydrogen (secondary N) is 2. The largest absolute Gasteiger partial charge is 0.352 e. The molecule has 2 N–H and O–H groups in total. The summed E-state index contributed by atoms with van der Waals surface area (Å²) in [7, 11) is 0. The molecule has 1 aromatic heterocycles. The SMILES string of the molecule is O=C(NCCc1nn[nH]n1)c1ccc(Cl)cc1. The highest BCUT2D eigenvalue weighted by atomic mass is 35.5. The maximum Gasteiger partial charge on any atom is 0.251 e. The van der Waals surface area contributed by atoms with Gasteiger partial charge in [0.1, 0.15) is 0 Å². The number of hydrogen-bond donors (Lipinski definition) is 2. The van der Waals surface area contributed by atoms with Crippen LogP contribution in [0.25, 0.3) is 0 Å². The van der Waals surface area contributed by atoms with Crippen LogP contribution in [0.15, 0.2) is 24.3 Å². The van der Waals surface area contributed by atoms with Gasteiger partial charge in [-0.2, -0.15) is 5.21 Å². The first-order chi connectivity index (χ1) is 8.25. The number of hydrogen-bond acceptors (Lipinski definition) is 4. The van der Waals surface area contributed by atoms with Gasteiger partial charge in [-0.3, -0.25) is 4.79 Å². The minimum absolute atomic E-state index is 0.148. The maximum atomic E-state index is 11.7. The molecule has 0 radical (unpaired) electrons. The Hall–Kier alpha value is -1.95. The smallest absolute Gasteiger partial charge is 0.251 e. The number of halogens is 1. The van der Waals surface area contributed by atoms with Gasteiger partial charge in [0.15, 0.2) is 5.82 Å². The number of aromatic nitrogens is 4. The van der Waals surface area contributed by atoms with Gasteiger partial charge >= 0.3 is 0 Å². The molecule has 0 unspecified atom stereocenters. The predicted octanol–water partition coefficient (Wildman–Crippen LogP) is 0.826. The van der Waals surface area contributed by atoms with E-state index in [0.717, 1.165) is 0 Å². The fourth-order valence-corrected chi connectivity index (χ4v) is 1.41. The number of amides is 1. The van der Waals surface area contributed by atoms with Crippen molar-refractivity contribution in [2.45, 2.75) is 6.42 Å². The molecule has 0 atom stereocenters. The zero-order chi connectivity index (χ0) is 12.1. The van der Waals surface area contributed by atoms with Crippen LogP contribution >= 0.6 is 11.6 Å². The van der Waals surface area contributed by atoms with Crippen molar-refractivity contribution in [1.29, 1.82) is 0 Å². The van der Waals surface area contributed by atoms with Gasteiger partial charge in [-0.1, -0.05) is 16.8 Å². The van der Waals surface area contributed by atoms with E-state index in [4.69, 9.17) is 11.6 Å². The summed E-state index contributed by atoms with van der Waals surface area (Å²) < 4.78 is 0. The topological polar surface area (TPSA) is 83.6 Å². The molecule has 0 spiro atoms. The van der Waals surface area contributed by atoms with Crippen molar-refractivity contribution in [3.63, 3.8) is 0 Å². The summed E-state index contributed by atoms with van der Waals surface area (Å²) in [6.45, 7) is 0.459. The molecule has 0 aliphatic rings. The van der Waals surface area contributed by atoms with Gasteiger partial charge in [0, 0.05) is 23.6 Å². The zero-order valence-corrected chi connectivity index (χ0v) is 9.61. The summed E-state index contributed by atoms with van der Waals surface area (Å²) in [6.07, 6.45) is 0.538. The second kappa shape index (κ2) is 5.40. The number of carbonyl (C=O) groups excluding carboxylic acids is 1. The highest BCUT2D eigenvalue weighted by Crippen LogP contribution is 2.09. The van der Waals surface area contributed by atoms with E-state index in [0.29, 0.717) is 29.4 Å². The molecular formula is C10H10ClN5O. The molecule has 17 heavy (non-hydrogen) atoms. The highest BCUT2D eigenvalue weighted by Gasteiger charge is 2.05. The zero-order valence-electron chi connectivity index (χ0n) is 8.85. The number of aromatic amines is 1. The average Bonchev–Trinajstić information content (AvgIpc) is 2.83. The fraction of sp³-hybridized carbons (Fsp3) is 0.200. The summed E-state index contributed by atoms with van der Waals surface area (Å²) in [5.41, 5.74) is 0.572. The molecule has 0 aliphatic heterocycles. The van der Waals surface area contributed by atoms with Gasteiger partial charge in [0.05, 0.1) is 0 Å². The first kappa shape index (κ1) is 11.5. The molecular weight excluding hydrogens is 242 g/mol. The molecule has 1 aromatic carbocycles. The number of benzene rings is 1. The van der Waals surface area contributed by atoms with Crippen LogP contribution in [0.4, 0.5) is 0 Å². The van der Waals surface area contributed by atoms with Crippen LogP contribution in [0.5, 0.6) is 0 Å². The van der Waals surface area contributed by atoms with Crippen LogP contribution in [0.1, 0.15) is 16.2 Å². The van der Waals surface area contributed by atoms with Crippen molar-refractivity contribution < 1.29 is 4.79 Å². The molecule has 0 bridgehead atoms. The maximum absolute atomic E-state index is 11.7. The van der Waals surface area contributed by atoms with Gasteiger partial charge in [-0.15, -0.1) is 10.2 Å². The van der Waals surface area contributed by atoms with Crippen molar-refractivity contribution in [1.82, 2.24) is 25.9 Å². The Morgan fingerprint density at radius 2 is 2.12 bits per heavy atom. The number of nitrogens with zero attached hydrogens (tertiary/aromatic N) is 3. The molecule has 0 saturated carbocycles. The summed E-state index contributed by atoms with van der Waals surface area (Å²) in [4.78, 5) is 11.7. The molecule has 1 amide bonds. The third-order valence-corrected chi connectivity index (χ3v) is 2.38. The third kappa shape index (κ3) is 3.25. The monoisotopic (exact) mass is 251 g/mol. The van der Waals surface area contributed by atoms with Crippen LogP contribution in [-0.2, 0) is 6.42 Å². The molecule has 0 aliphatic carbocycles. The Morgan fingerprint density at radius 3 is 2.76 bits per heavy atom. The van der Waals surface area contributed by atoms with Crippen molar-refractivity contribution in [2.75, 3.05) is 6.54 Å². The Kier molecular flexibility index (Phi) is 3.66. The van der Waals surface area contributed by atoms with E-state index in [1.54, 1.807) is 24.3 Å². The van der Waals surface area contributed by atoms with E-state index in [1.165, 1.54) is 0 Å². The van der Waals surface area contributed by atoms with Crippen LogP contribution in [-0.4, -0.2) is 33.1 Å².